The maximum absolute atomic E-state index is 13.3. The molecule has 7 heteroatoms. The first-order chi connectivity index (χ1) is 14.9. The summed E-state index contributed by atoms with van der Waals surface area (Å²) >= 11 is 6.18. The van der Waals surface area contributed by atoms with Gasteiger partial charge in [0.2, 0.25) is 5.91 Å². The van der Waals surface area contributed by atoms with Gasteiger partial charge in [-0.2, -0.15) is 0 Å². The smallest absolute Gasteiger partial charge is 0.273 e. The van der Waals surface area contributed by atoms with Crippen molar-refractivity contribution in [2.45, 2.75) is 45.4 Å². The molecule has 1 aliphatic rings. The topological polar surface area (TPSA) is 64.4 Å². The number of rotatable bonds is 5. The molecular formula is C24H26ClN3O3. The Balaban J connectivity index is 1.62. The average Bonchev–Trinajstić information content (AvgIpc) is 2.74. The summed E-state index contributed by atoms with van der Waals surface area (Å²) in [6, 6.07) is 15.2. The standard InChI is InChI=1S/C24H26ClN3O3/c1-16-13-27(14-17(2)31-16)23(29)11-9-20-24(30)28(15-18-6-4-3-5-7-18)22-10-8-19(25)12-21(22)26-20/h3-8,10,12,16-17H,9,11,13-15H2,1-2H3/t16-,17-/m1/s1. The second-order valence-electron chi connectivity index (χ2n) is 8.12. The quantitative estimate of drug-likeness (QED) is 0.608. The van der Waals surface area contributed by atoms with Crippen molar-refractivity contribution >= 4 is 28.5 Å². The number of ether oxygens (including phenoxy) is 1. The molecule has 0 bridgehead atoms. The van der Waals surface area contributed by atoms with Gasteiger partial charge in [0.05, 0.1) is 29.8 Å². The number of fused-ring (bicyclic) bond motifs is 1. The molecular weight excluding hydrogens is 414 g/mol. The Morgan fingerprint density at radius 2 is 1.84 bits per heavy atom. The van der Waals surface area contributed by atoms with Crippen LogP contribution in [-0.2, 0) is 22.5 Å². The predicted octanol–water partition coefficient (Wildman–Crippen LogP) is 3.67. The third kappa shape index (κ3) is 4.97. The van der Waals surface area contributed by atoms with E-state index in [0.717, 1.165) is 11.1 Å². The lowest BCUT2D eigenvalue weighted by Crippen LogP contribution is -2.48. The van der Waals surface area contributed by atoms with Gasteiger partial charge in [-0.05, 0) is 37.6 Å². The number of amides is 1. The van der Waals surface area contributed by atoms with E-state index in [1.54, 1.807) is 16.7 Å². The Morgan fingerprint density at radius 1 is 1.13 bits per heavy atom. The molecule has 0 spiro atoms. The summed E-state index contributed by atoms with van der Waals surface area (Å²) in [5.74, 6) is 0.0176. The van der Waals surface area contributed by atoms with Gasteiger partial charge in [0, 0.05) is 31.0 Å². The van der Waals surface area contributed by atoms with E-state index in [0.29, 0.717) is 35.9 Å². The van der Waals surface area contributed by atoms with Gasteiger partial charge in [-0.1, -0.05) is 41.9 Å². The summed E-state index contributed by atoms with van der Waals surface area (Å²) < 4.78 is 7.42. The van der Waals surface area contributed by atoms with Crippen LogP contribution in [0.25, 0.3) is 11.0 Å². The van der Waals surface area contributed by atoms with Crippen LogP contribution in [0, 0.1) is 0 Å². The number of aryl methyl sites for hydroxylation is 1. The lowest BCUT2D eigenvalue weighted by molar-refractivity contribution is -0.143. The van der Waals surface area contributed by atoms with Gasteiger partial charge in [0.25, 0.3) is 5.56 Å². The molecule has 0 aliphatic carbocycles. The Kier molecular flexibility index (Phi) is 6.39. The summed E-state index contributed by atoms with van der Waals surface area (Å²) in [6.45, 7) is 5.50. The van der Waals surface area contributed by atoms with E-state index in [1.807, 2.05) is 55.1 Å². The molecule has 4 rings (SSSR count). The Bertz CT molecular complexity index is 1140. The lowest BCUT2D eigenvalue weighted by atomic mass is 10.1. The molecule has 162 valence electrons. The number of benzene rings is 2. The predicted molar refractivity (Wildman–Crippen MR) is 121 cm³/mol. The summed E-state index contributed by atoms with van der Waals surface area (Å²) in [4.78, 5) is 32.5. The minimum absolute atomic E-state index is 0.0109. The fourth-order valence-corrected chi connectivity index (χ4v) is 4.29. The average molecular weight is 440 g/mol. The van der Waals surface area contributed by atoms with Gasteiger partial charge in [0.15, 0.2) is 0 Å². The van der Waals surface area contributed by atoms with Crippen LogP contribution in [0.4, 0.5) is 0 Å². The number of morpholine rings is 1. The maximum Gasteiger partial charge on any atom is 0.273 e. The van der Waals surface area contributed by atoms with E-state index in [1.165, 1.54) is 0 Å². The first-order valence-corrected chi connectivity index (χ1v) is 10.9. The molecule has 1 aliphatic heterocycles. The molecule has 1 amide bonds. The molecule has 0 radical (unpaired) electrons. The number of carbonyl (C=O) groups excluding carboxylic acids is 1. The normalized spacial score (nSPS) is 19.0. The van der Waals surface area contributed by atoms with Crippen LogP contribution in [-0.4, -0.2) is 45.7 Å². The van der Waals surface area contributed by atoms with Crippen LogP contribution < -0.4 is 5.56 Å². The van der Waals surface area contributed by atoms with E-state index >= 15 is 0 Å². The van der Waals surface area contributed by atoms with Crippen molar-refractivity contribution in [3.05, 3.63) is 75.2 Å². The van der Waals surface area contributed by atoms with Gasteiger partial charge in [-0.3, -0.25) is 9.59 Å². The zero-order chi connectivity index (χ0) is 22.0. The number of nitrogens with zero attached hydrogens (tertiary/aromatic N) is 3. The lowest BCUT2D eigenvalue weighted by Gasteiger charge is -2.35. The van der Waals surface area contributed by atoms with Crippen LogP contribution in [0.2, 0.25) is 5.02 Å². The van der Waals surface area contributed by atoms with Crippen LogP contribution in [0.15, 0.2) is 53.3 Å². The summed E-state index contributed by atoms with van der Waals surface area (Å²) in [6.07, 6.45) is 0.544. The molecule has 1 saturated heterocycles. The van der Waals surface area contributed by atoms with Crippen molar-refractivity contribution in [2.75, 3.05) is 13.1 Å². The van der Waals surface area contributed by atoms with Crippen molar-refractivity contribution in [1.29, 1.82) is 0 Å². The van der Waals surface area contributed by atoms with E-state index in [2.05, 4.69) is 4.98 Å². The van der Waals surface area contributed by atoms with Gasteiger partial charge in [0.1, 0.15) is 5.69 Å². The number of halogens is 1. The van der Waals surface area contributed by atoms with Crippen LogP contribution >= 0.6 is 11.6 Å². The number of aromatic nitrogens is 2. The Labute approximate surface area is 186 Å². The summed E-state index contributed by atoms with van der Waals surface area (Å²) in [5, 5.41) is 0.559. The fourth-order valence-electron chi connectivity index (χ4n) is 4.12. The van der Waals surface area contributed by atoms with E-state index in [4.69, 9.17) is 16.3 Å². The van der Waals surface area contributed by atoms with E-state index in [-0.39, 0.29) is 36.5 Å². The third-order valence-corrected chi connectivity index (χ3v) is 5.74. The zero-order valence-electron chi connectivity index (χ0n) is 17.8. The van der Waals surface area contributed by atoms with Crippen LogP contribution in [0.3, 0.4) is 0 Å². The van der Waals surface area contributed by atoms with Crippen molar-refractivity contribution in [3.63, 3.8) is 0 Å². The minimum atomic E-state index is -0.171. The molecule has 2 atom stereocenters. The molecule has 2 heterocycles. The number of hydrogen-bond acceptors (Lipinski definition) is 4. The number of hydrogen-bond donors (Lipinski definition) is 0. The highest BCUT2D eigenvalue weighted by Gasteiger charge is 2.26. The maximum atomic E-state index is 13.3. The fraction of sp³-hybridized carbons (Fsp3) is 0.375. The molecule has 3 aromatic rings. The molecule has 0 saturated carbocycles. The zero-order valence-corrected chi connectivity index (χ0v) is 18.5. The highest BCUT2D eigenvalue weighted by Crippen LogP contribution is 2.19. The van der Waals surface area contributed by atoms with Crippen molar-refractivity contribution < 1.29 is 9.53 Å². The molecule has 1 aromatic heterocycles. The SMILES string of the molecule is C[C@@H]1CN(C(=O)CCc2nc3cc(Cl)ccc3n(Cc3ccccc3)c2=O)C[C@@H](C)O1. The van der Waals surface area contributed by atoms with Gasteiger partial charge >= 0.3 is 0 Å². The van der Waals surface area contributed by atoms with E-state index < -0.39 is 0 Å². The van der Waals surface area contributed by atoms with Gasteiger partial charge in [-0.25, -0.2) is 4.98 Å². The minimum Gasteiger partial charge on any atom is -0.372 e. The Hall–Kier alpha value is -2.70. The van der Waals surface area contributed by atoms with Gasteiger partial charge < -0.3 is 14.2 Å². The van der Waals surface area contributed by atoms with Gasteiger partial charge in [-0.15, -0.1) is 0 Å². The summed E-state index contributed by atoms with van der Waals surface area (Å²) in [5.41, 5.74) is 2.61. The number of carbonyl (C=O) groups is 1. The van der Waals surface area contributed by atoms with Crippen molar-refractivity contribution in [2.24, 2.45) is 0 Å². The Morgan fingerprint density at radius 3 is 2.55 bits per heavy atom. The molecule has 6 nitrogen and oxygen atoms in total. The molecule has 2 aromatic carbocycles. The molecule has 0 N–H and O–H groups in total. The third-order valence-electron chi connectivity index (χ3n) is 5.51. The second-order valence-corrected chi connectivity index (χ2v) is 8.56. The monoisotopic (exact) mass is 439 g/mol. The van der Waals surface area contributed by atoms with Crippen LogP contribution in [0.1, 0.15) is 31.5 Å². The molecule has 0 unspecified atom stereocenters. The molecule has 31 heavy (non-hydrogen) atoms. The largest absolute Gasteiger partial charge is 0.372 e. The first-order valence-electron chi connectivity index (χ1n) is 10.6. The van der Waals surface area contributed by atoms with Crippen molar-refractivity contribution in [1.82, 2.24) is 14.5 Å². The van der Waals surface area contributed by atoms with E-state index in [9.17, 15) is 9.59 Å². The first kappa shape index (κ1) is 21.5. The summed E-state index contributed by atoms with van der Waals surface area (Å²) in [7, 11) is 0. The molecule has 1 fully saturated rings. The highest BCUT2D eigenvalue weighted by molar-refractivity contribution is 6.31. The van der Waals surface area contributed by atoms with Crippen molar-refractivity contribution in [3.8, 4) is 0 Å². The van der Waals surface area contributed by atoms with Crippen LogP contribution in [0.5, 0.6) is 0 Å². The highest BCUT2D eigenvalue weighted by atomic mass is 35.5. The second kappa shape index (κ2) is 9.20.